The summed E-state index contributed by atoms with van der Waals surface area (Å²) in [6.07, 6.45) is 5.20. The molecule has 0 aromatic rings. The minimum Gasteiger partial charge on any atom is -0.340 e. The molecule has 2 nitrogen and oxygen atoms in total. The summed E-state index contributed by atoms with van der Waals surface area (Å²) in [6.45, 7) is 2.71. The number of likely N-dealkylation sites (tertiary alicyclic amines) is 1. The standard InChI is InChI=1S/C9H15NO/c1-7(11)10-6-5-8-3-2-4-9(8)10/h8-9H,2-6H2,1H3/t8-,9-/m0/s1. The molecule has 2 aliphatic rings. The second-order valence-corrected chi connectivity index (χ2v) is 3.76. The highest BCUT2D eigenvalue weighted by Crippen LogP contribution is 2.37. The molecule has 2 fully saturated rings. The molecule has 2 atom stereocenters. The second-order valence-electron chi connectivity index (χ2n) is 3.76. The first kappa shape index (κ1) is 7.14. The maximum Gasteiger partial charge on any atom is 0.219 e. The van der Waals surface area contributed by atoms with Gasteiger partial charge < -0.3 is 4.90 Å². The van der Waals surface area contributed by atoms with Crippen LogP contribution in [0.4, 0.5) is 0 Å². The van der Waals surface area contributed by atoms with Crippen molar-refractivity contribution in [2.45, 2.75) is 38.6 Å². The highest BCUT2D eigenvalue weighted by molar-refractivity contribution is 5.74. The lowest BCUT2D eigenvalue weighted by Crippen LogP contribution is -2.33. The zero-order valence-electron chi connectivity index (χ0n) is 7.05. The molecular weight excluding hydrogens is 138 g/mol. The van der Waals surface area contributed by atoms with Crippen LogP contribution in [0.25, 0.3) is 0 Å². The summed E-state index contributed by atoms with van der Waals surface area (Å²) in [4.78, 5) is 13.2. The smallest absolute Gasteiger partial charge is 0.219 e. The molecule has 1 amide bonds. The van der Waals surface area contributed by atoms with Crippen molar-refractivity contribution in [2.24, 2.45) is 5.92 Å². The lowest BCUT2D eigenvalue weighted by Gasteiger charge is -2.21. The van der Waals surface area contributed by atoms with Crippen LogP contribution in [-0.2, 0) is 4.79 Å². The van der Waals surface area contributed by atoms with Crippen LogP contribution >= 0.6 is 0 Å². The fourth-order valence-electron chi connectivity index (χ4n) is 2.63. The summed E-state index contributed by atoms with van der Waals surface area (Å²) in [6, 6.07) is 0.618. The molecule has 62 valence electrons. The Kier molecular flexibility index (Phi) is 1.63. The molecule has 0 aromatic heterocycles. The summed E-state index contributed by atoms with van der Waals surface area (Å²) in [5, 5.41) is 0. The van der Waals surface area contributed by atoms with Gasteiger partial charge in [0.15, 0.2) is 0 Å². The normalized spacial score (nSPS) is 35.9. The first-order valence-corrected chi connectivity index (χ1v) is 4.56. The molecule has 1 saturated heterocycles. The zero-order chi connectivity index (χ0) is 7.84. The van der Waals surface area contributed by atoms with Crippen LogP contribution in [0.1, 0.15) is 32.6 Å². The van der Waals surface area contributed by atoms with Crippen molar-refractivity contribution in [3.8, 4) is 0 Å². The Morgan fingerprint density at radius 3 is 2.91 bits per heavy atom. The van der Waals surface area contributed by atoms with Gasteiger partial charge in [0.25, 0.3) is 0 Å². The van der Waals surface area contributed by atoms with E-state index in [4.69, 9.17) is 0 Å². The average Bonchev–Trinajstić information content (AvgIpc) is 2.41. The molecule has 0 N–H and O–H groups in total. The van der Waals surface area contributed by atoms with Gasteiger partial charge in [0, 0.05) is 19.5 Å². The lowest BCUT2D eigenvalue weighted by molar-refractivity contribution is -0.129. The van der Waals surface area contributed by atoms with E-state index in [2.05, 4.69) is 4.90 Å². The molecule has 1 aliphatic heterocycles. The number of carbonyl (C=O) groups excluding carboxylic acids is 1. The number of rotatable bonds is 0. The Hall–Kier alpha value is -0.530. The number of hydrogen-bond acceptors (Lipinski definition) is 1. The largest absolute Gasteiger partial charge is 0.340 e. The van der Waals surface area contributed by atoms with E-state index in [1.165, 1.54) is 25.7 Å². The maximum absolute atomic E-state index is 11.1. The number of fused-ring (bicyclic) bond motifs is 1. The van der Waals surface area contributed by atoms with Gasteiger partial charge in [-0.2, -0.15) is 0 Å². The van der Waals surface area contributed by atoms with Gasteiger partial charge in [-0.3, -0.25) is 4.79 Å². The zero-order valence-corrected chi connectivity index (χ0v) is 7.05. The van der Waals surface area contributed by atoms with Crippen LogP contribution in [0.2, 0.25) is 0 Å². The van der Waals surface area contributed by atoms with Crippen molar-refractivity contribution in [1.82, 2.24) is 4.90 Å². The lowest BCUT2D eigenvalue weighted by atomic mass is 10.1. The molecule has 0 unspecified atom stereocenters. The Morgan fingerprint density at radius 1 is 1.36 bits per heavy atom. The highest BCUT2D eigenvalue weighted by atomic mass is 16.2. The molecule has 1 heterocycles. The molecule has 11 heavy (non-hydrogen) atoms. The first-order valence-electron chi connectivity index (χ1n) is 4.56. The molecule has 0 spiro atoms. The monoisotopic (exact) mass is 153 g/mol. The summed E-state index contributed by atoms with van der Waals surface area (Å²) in [5.41, 5.74) is 0. The Bertz CT molecular complexity index is 178. The Labute approximate surface area is 67.6 Å². The molecule has 2 rings (SSSR count). The Balaban J connectivity index is 2.08. The predicted octanol–water partition coefficient (Wildman–Crippen LogP) is 1.41. The van der Waals surface area contributed by atoms with Gasteiger partial charge >= 0.3 is 0 Å². The third kappa shape index (κ3) is 1.05. The van der Waals surface area contributed by atoms with Gasteiger partial charge in [-0.25, -0.2) is 0 Å². The third-order valence-electron chi connectivity index (χ3n) is 3.16. The number of amides is 1. The van der Waals surface area contributed by atoms with Gasteiger partial charge in [0.05, 0.1) is 0 Å². The molecule has 1 saturated carbocycles. The van der Waals surface area contributed by atoms with Crippen molar-refractivity contribution >= 4 is 5.91 Å². The van der Waals surface area contributed by atoms with Crippen LogP contribution in [0, 0.1) is 5.92 Å². The van der Waals surface area contributed by atoms with E-state index < -0.39 is 0 Å². The van der Waals surface area contributed by atoms with Gasteiger partial charge in [0.1, 0.15) is 0 Å². The predicted molar refractivity (Wildman–Crippen MR) is 43.1 cm³/mol. The van der Waals surface area contributed by atoms with Crippen molar-refractivity contribution in [3.63, 3.8) is 0 Å². The molecular formula is C9H15NO. The van der Waals surface area contributed by atoms with Gasteiger partial charge in [-0.05, 0) is 25.2 Å². The van der Waals surface area contributed by atoms with Gasteiger partial charge in [-0.15, -0.1) is 0 Å². The second kappa shape index (κ2) is 2.50. The highest BCUT2D eigenvalue weighted by Gasteiger charge is 2.38. The molecule has 2 heteroatoms. The first-order chi connectivity index (χ1) is 5.29. The van der Waals surface area contributed by atoms with Crippen molar-refractivity contribution in [1.29, 1.82) is 0 Å². The van der Waals surface area contributed by atoms with E-state index >= 15 is 0 Å². The molecule has 0 radical (unpaired) electrons. The molecule has 0 aromatic carbocycles. The topological polar surface area (TPSA) is 20.3 Å². The van der Waals surface area contributed by atoms with Crippen LogP contribution in [0.15, 0.2) is 0 Å². The minimum atomic E-state index is 0.277. The minimum absolute atomic E-state index is 0.277. The maximum atomic E-state index is 11.1. The van der Waals surface area contributed by atoms with E-state index in [0.29, 0.717) is 6.04 Å². The van der Waals surface area contributed by atoms with E-state index in [1.54, 1.807) is 6.92 Å². The van der Waals surface area contributed by atoms with Gasteiger partial charge in [0.2, 0.25) is 5.91 Å². The Morgan fingerprint density at radius 2 is 2.18 bits per heavy atom. The third-order valence-corrected chi connectivity index (χ3v) is 3.16. The number of carbonyl (C=O) groups is 1. The SMILES string of the molecule is CC(=O)N1CC[C@@H]2CCC[C@@H]21. The van der Waals surface area contributed by atoms with E-state index in [9.17, 15) is 4.79 Å². The fraction of sp³-hybridized carbons (Fsp3) is 0.889. The van der Waals surface area contributed by atoms with Crippen LogP contribution in [0.5, 0.6) is 0 Å². The molecule has 0 bridgehead atoms. The number of nitrogens with zero attached hydrogens (tertiary/aromatic N) is 1. The van der Waals surface area contributed by atoms with Crippen LogP contribution in [-0.4, -0.2) is 23.4 Å². The van der Waals surface area contributed by atoms with E-state index in [0.717, 1.165) is 12.5 Å². The van der Waals surface area contributed by atoms with Crippen molar-refractivity contribution in [3.05, 3.63) is 0 Å². The molecule has 1 aliphatic carbocycles. The van der Waals surface area contributed by atoms with Crippen LogP contribution in [0.3, 0.4) is 0 Å². The van der Waals surface area contributed by atoms with Crippen molar-refractivity contribution < 1.29 is 4.79 Å². The van der Waals surface area contributed by atoms with Crippen molar-refractivity contribution in [2.75, 3.05) is 6.54 Å². The summed E-state index contributed by atoms with van der Waals surface area (Å²) >= 11 is 0. The van der Waals surface area contributed by atoms with Gasteiger partial charge in [-0.1, -0.05) is 6.42 Å². The summed E-state index contributed by atoms with van der Waals surface area (Å²) in [7, 11) is 0. The fourth-order valence-corrected chi connectivity index (χ4v) is 2.63. The number of hydrogen-bond donors (Lipinski definition) is 0. The average molecular weight is 153 g/mol. The van der Waals surface area contributed by atoms with E-state index in [1.807, 2.05) is 0 Å². The summed E-state index contributed by atoms with van der Waals surface area (Å²) in [5.74, 6) is 1.12. The summed E-state index contributed by atoms with van der Waals surface area (Å²) < 4.78 is 0. The van der Waals surface area contributed by atoms with Crippen LogP contribution < -0.4 is 0 Å². The van der Waals surface area contributed by atoms with E-state index in [-0.39, 0.29) is 5.91 Å². The quantitative estimate of drug-likeness (QED) is 0.515.